The fourth-order valence-corrected chi connectivity index (χ4v) is 3.55. The summed E-state index contributed by atoms with van der Waals surface area (Å²) in [4.78, 5) is 2.62. The van der Waals surface area contributed by atoms with Crippen molar-refractivity contribution in [3.63, 3.8) is 0 Å². The van der Waals surface area contributed by atoms with Crippen LogP contribution in [-0.4, -0.2) is 42.2 Å². The van der Waals surface area contributed by atoms with Crippen LogP contribution in [0.4, 0.5) is 0 Å². The molecule has 2 N–H and O–H groups in total. The van der Waals surface area contributed by atoms with Crippen LogP contribution in [0.2, 0.25) is 0 Å². The average Bonchev–Trinajstić information content (AvgIpc) is 3.08. The van der Waals surface area contributed by atoms with Crippen LogP contribution in [0.5, 0.6) is 0 Å². The molecule has 1 aliphatic carbocycles. The molecule has 0 amide bonds. The maximum absolute atomic E-state index is 10.1. The number of hydrogen-bond acceptors (Lipinski definition) is 4. The molecule has 1 saturated heterocycles. The number of likely N-dealkylation sites (tertiary alicyclic amines) is 1. The van der Waals surface area contributed by atoms with E-state index in [2.05, 4.69) is 10.2 Å². The Hall–Kier alpha value is -0.420. The molecule has 3 rings (SSSR count). The molecule has 1 aromatic rings. The van der Waals surface area contributed by atoms with Gasteiger partial charge in [-0.1, -0.05) is 0 Å². The summed E-state index contributed by atoms with van der Waals surface area (Å²) in [7, 11) is 0. The predicted molar refractivity (Wildman–Crippen MR) is 79.5 cm³/mol. The molecule has 2 aliphatic rings. The van der Waals surface area contributed by atoms with Crippen LogP contribution < -0.4 is 5.32 Å². The quantitative estimate of drug-likeness (QED) is 0.839. The van der Waals surface area contributed by atoms with Crippen molar-refractivity contribution in [3.8, 4) is 0 Å². The van der Waals surface area contributed by atoms with E-state index in [1.165, 1.54) is 45.3 Å². The number of thiophene rings is 1. The molecule has 0 radical (unpaired) electrons. The van der Waals surface area contributed by atoms with Gasteiger partial charge in [-0.25, -0.2) is 0 Å². The van der Waals surface area contributed by atoms with Gasteiger partial charge in [0.15, 0.2) is 0 Å². The summed E-state index contributed by atoms with van der Waals surface area (Å²) in [6, 6.07) is 2.60. The molecule has 3 nitrogen and oxygen atoms in total. The van der Waals surface area contributed by atoms with E-state index in [1.807, 2.05) is 16.8 Å². The normalized spacial score (nSPS) is 23.6. The lowest BCUT2D eigenvalue weighted by Gasteiger charge is -2.32. The van der Waals surface area contributed by atoms with Crippen LogP contribution >= 0.6 is 11.3 Å². The second-order valence-corrected chi connectivity index (χ2v) is 6.78. The summed E-state index contributed by atoms with van der Waals surface area (Å²) in [5.74, 6) is 1.00. The molecule has 0 spiro atoms. The summed E-state index contributed by atoms with van der Waals surface area (Å²) < 4.78 is 0. The number of nitrogens with zero attached hydrogens (tertiary/aromatic N) is 1. The smallest absolute Gasteiger partial charge is 0.0922 e. The molecule has 1 saturated carbocycles. The minimum atomic E-state index is -0.351. The predicted octanol–water partition coefficient (Wildman–Crippen LogP) is 2.25. The number of nitrogens with one attached hydrogen (secondary N) is 1. The average molecular weight is 280 g/mol. The Balaban J connectivity index is 1.35. The molecule has 19 heavy (non-hydrogen) atoms. The Morgan fingerprint density at radius 3 is 2.74 bits per heavy atom. The molecule has 0 bridgehead atoms. The van der Waals surface area contributed by atoms with Crippen molar-refractivity contribution in [1.82, 2.24) is 10.2 Å². The van der Waals surface area contributed by atoms with Crippen molar-refractivity contribution in [1.29, 1.82) is 0 Å². The van der Waals surface area contributed by atoms with Crippen LogP contribution in [0, 0.1) is 5.92 Å². The van der Waals surface area contributed by atoms with E-state index >= 15 is 0 Å². The van der Waals surface area contributed by atoms with Gasteiger partial charge in [0.05, 0.1) is 6.10 Å². The van der Waals surface area contributed by atoms with Crippen molar-refractivity contribution >= 4 is 11.3 Å². The van der Waals surface area contributed by atoms with Crippen molar-refractivity contribution < 1.29 is 5.11 Å². The molecular formula is C15H24N2OS. The topological polar surface area (TPSA) is 35.5 Å². The molecule has 1 unspecified atom stereocenters. The van der Waals surface area contributed by atoms with Gasteiger partial charge in [-0.05, 0) is 67.1 Å². The standard InChI is InChI=1S/C15H24N2OS/c18-15(13-5-8-19-11-13)9-16-14-3-6-17(7-4-14)10-12-1-2-12/h5,8,11-12,14-16,18H,1-4,6-7,9-10H2. The summed E-state index contributed by atoms with van der Waals surface area (Å²) in [5, 5.41) is 17.6. The van der Waals surface area contributed by atoms with E-state index in [4.69, 9.17) is 0 Å². The van der Waals surface area contributed by atoms with E-state index < -0.39 is 0 Å². The Bertz CT molecular complexity index is 370. The summed E-state index contributed by atoms with van der Waals surface area (Å²) in [6.45, 7) is 4.46. The highest BCUT2D eigenvalue weighted by Crippen LogP contribution is 2.30. The van der Waals surface area contributed by atoms with Crippen LogP contribution in [0.15, 0.2) is 16.8 Å². The Morgan fingerprint density at radius 1 is 1.32 bits per heavy atom. The van der Waals surface area contributed by atoms with Gasteiger partial charge in [0.25, 0.3) is 0 Å². The fourth-order valence-electron chi connectivity index (χ4n) is 2.85. The Morgan fingerprint density at radius 2 is 2.11 bits per heavy atom. The van der Waals surface area contributed by atoms with Crippen molar-refractivity contribution in [2.75, 3.05) is 26.2 Å². The highest BCUT2D eigenvalue weighted by atomic mass is 32.1. The number of aliphatic hydroxyl groups is 1. The van der Waals surface area contributed by atoms with E-state index in [1.54, 1.807) is 11.3 Å². The number of rotatable bonds is 6. The lowest BCUT2D eigenvalue weighted by Crippen LogP contribution is -2.44. The first-order valence-corrected chi connectivity index (χ1v) is 8.41. The SMILES string of the molecule is OC(CNC1CCN(CC2CC2)CC1)c1ccsc1. The summed E-state index contributed by atoms with van der Waals surface area (Å²) in [5.41, 5.74) is 1.05. The molecule has 0 aromatic carbocycles. The number of aliphatic hydroxyl groups excluding tert-OH is 1. The lowest BCUT2D eigenvalue weighted by atomic mass is 10.0. The van der Waals surface area contributed by atoms with E-state index in [-0.39, 0.29) is 6.10 Å². The van der Waals surface area contributed by atoms with Crippen LogP contribution in [0.25, 0.3) is 0 Å². The van der Waals surface area contributed by atoms with Gasteiger partial charge in [-0.15, -0.1) is 0 Å². The minimum Gasteiger partial charge on any atom is -0.387 e. The van der Waals surface area contributed by atoms with E-state index in [0.717, 1.165) is 11.5 Å². The molecule has 106 valence electrons. The van der Waals surface area contributed by atoms with Gasteiger partial charge >= 0.3 is 0 Å². The molecule has 4 heteroatoms. The van der Waals surface area contributed by atoms with Crippen molar-refractivity contribution in [2.24, 2.45) is 5.92 Å². The maximum atomic E-state index is 10.1. The third kappa shape index (κ3) is 4.02. The van der Waals surface area contributed by atoms with Gasteiger partial charge in [0.1, 0.15) is 0 Å². The monoisotopic (exact) mass is 280 g/mol. The highest BCUT2D eigenvalue weighted by molar-refractivity contribution is 7.07. The summed E-state index contributed by atoms with van der Waals surface area (Å²) in [6.07, 6.45) is 5.00. The van der Waals surface area contributed by atoms with Gasteiger partial charge in [0.2, 0.25) is 0 Å². The lowest BCUT2D eigenvalue weighted by molar-refractivity contribution is 0.150. The molecular weight excluding hydrogens is 256 g/mol. The molecule has 1 atom stereocenters. The second-order valence-electron chi connectivity index (χ2n) is 6.00. The second kappa shape index (κ2) is 6.35. The van der Waals surface area contributed by atoms with Crippen LogP contribution in [0.3, 0.4) is 0 Å². The fraction of sp³-hybridized carbons (Fsp3) is 0.733. The molecule has 1 aromatic heterocycles. The first kappa shape index (κ1) is 13.6. The zero-order valence-electron chi connectivity index (χ0n) is 11.4. The molecule has 2 fully saturated rings. The van der Waals surface area contributed by atoms with Crippen molar-refractivity contribution in [3.05, 3.63) is 22.4 Å². The first-order chi connectivity index (χ1) is 9.31. The zero-order chi connectivity index (χ0) is 13.1. The van der Waals surface area contributed by atoms with Crippen LogP contribution in [-0.2, 0) is 0 Å². The minimum absolute atomic E-state index is 0.351. The van der Waals surface area contributed by atoms with Crippen LogP contribution in [0.1, 0.15) is 37.4 Å². The van der Waals surface area contributed by atoms with Gasteiger partial charge in [0, 0.05) is 19.1 Å². The molecule has 1 aliphatic heterocycles. The van der Waals surface area contributed by atoms with E-state index in [0.29, 0.717) is 12.6 Å². The largest absolute Gasteiger partial charge is 0.387 e. The van der Waals surface area contributed by atoms with Gasteiger partial charge in [-0.2, -0.15) is 11.3 Å². The molecule has 2 heterocycles. The number of hydrogen-bond donors (Lipinski definition) is 2. The third-order valence-electron chi connectivity index (χ3n) is 4.33. The summed E-state index contributed by atoms with van der Waals surface area (Å²) >= 11 is 1.65. The van der Waals surface area contributed by atoms with Gasteiger partial charge in [-0.3, -0.25) is 0 Å². The Labute approximate surface area is 119 Å². The first-order valence-electron chi connectivity index (χ1n) is 7.47. The Kier molecular flexibility index (Phi) is 4.53. The van der Waals surface area contributed by atoms with E-state index in [9.17, 15) is 5.11 Å². The third-order valence-corrected chi connectivity index (χ3v) is 5.03. The highest BCUT2D eigenvalue weighted by Gasteiger charge is 2.27. The van der Waals surface area contributed by atoms with Crippen molar-refractivity contribution in [2.45, 2.75) is 37.8 Å². The zero-order valence-corrected chi connectivity index (χ0v) is 12.2. The maximum Gasteiger partial charge on any atom is 0.0922 e. The number of piperidine rings is 1. The van der Waals surface area contributed by atoms with Gasteiger partial charge < -0.3 is 15.3 Å².